The van der Waals surface area contributed by atoms with Gasteiger partial charge in [0.25, 0.3) is 0 Å². The molecule has 0 saturated carbocycles. The second kappa shape index (κ2) is 5.51. The normalized spacial score (nSPS) is 14.3. The number of aryl methyl sites for hydroxylation is 1. The van der Waals surface area contributed by atoms with Gasteiger partial charge in [-0.2, -0.15) is 0 Å². The highest BCUT2D eigenvalue weighted by Crippen LogP contribution is 2.28. The molecule has 1 heterocycles. The third kappa shape index (κ3) is 2.55. The minimum absolute atomic E-state index is 0.0367. The van der Waals surface area contributed by atoms with Gasteiger partial charge in [0.15, 0.2) is 0 Å². The van der Waals surface area contributed by atoms with E-state index in [2.05, 4.69) is 15.6 Å². The highest BCUT2D eigenvalue weighted by Gasteiger charge is 2.22. The van der Waals surface area contributed by atoms with Crippen LogP contribution in [0.15, 0.2) is 48.5 Å². The molecule has 0 radical (unpaired) electrons. The Morgan fingerprint density at radius 1 is 1.10 bits per heavy atom. The van der Waals surface area contributed by atoms with Crippen molar-refractivity contribution in [1.29, 1.82) is 0 Å². The molecule has 0 saturated heterocycles. The van der Waals surface area contributed by atoms with Crippen molar-refractivity contribution < 1.29 is 0 Å². The van der Waals surface area contributed by atoms with E-state index in [1.54, 1.807) is 0 Å². The van der Waals surface area contributed by atoms with Crippen molar-refractivity contribution in [3.8, 4) is 0 Å². The number of nitrogens with two attached hydrogens (primary N) is 1. The Bertz CT molecular complexity index is 759. The van der Waals surface area contributed by atoms with Crippen molar-refractivity contribution >= 4 is 22.6 Å². The summed E-state index contributed by atoms with van der Waals surface area (Å²) < 4.78 is 2.21. The van der Waals surface area contributed by atoms with E-state index in [4.69, 9.17) is 17.3 Å². The summed E-state index contributed by atoms with van der Waals surface area (Å²) >= 11 is 6.00. The number of nitrogens with zero attached hydrogens (tertiary/aromatic N) is 2. The van der Waals surface area contributed by atoms with Gasteiger partial charge in [-0.3, -0.25) is 0 Å². The van der Waals surface area contributed by atoms with Gasteiger partial charge in [-0.15, -0.1) is 0 Å². The molecular weight excluding hydrogens is 282 g/mol. The van der Waals surface area contributed by atoms with E-state index in [1.807, 2.05) is 56.3 Å². The van der Waals surface area contributed by atoms with Crippen LogP contribution in [0.2, 0.25) is 5.02 Å². The minimum Gasteiger partial charge on any atom is -0.326 e. The van der Waals surface area contributed by atoms with Crippen LogP contribution in [0.5, 0.6) is 0 Å². The lowest BCUT2D eigenvalue weighted by molar-refractivity contribution is 0.497. The number of hydrogen-bond donors (Lipinski definition) is 1. The van der Waals surface area contributed by atoms with Crippen LogP contribution in [0.25, 0.3) is 11.0 Å². The molecule has 0 aliphatic carbocycles. The number of imidazole rings is 1. The van der Waals surface area contributed by atoms with Crippen LogP contribution < -0.4 is 5.73 Å². The number of rotatable bonds is 3. The molecule has 0 amide bonds. The lowest BCUT2D eigenvalue weighted by Crippen LogP contribution is -2.30. The summed E-state index contributed by atoms with van der Waals surface area (Å²) in [6.07, 6.45) is 0. The largest absolute Gasteiger partial charge is 0.326 e. The highest BCUT2D eigenvalue weighted by atomic mass is 35.5. The number of para-hydroxylation sites is 2. The first-order valence-corrected chi connectivity index (χ1v) is 7.40. The van der Waals surface area contributed by atoms with Crippen molar-refractivity contribution in [2.75, 3.05) is 0 Å². The predicted molar refractivity (Wildman–Crippen MR) is 87.7 cm³/mol. The summed E-state index contributed by atoms with van der Waals surface area (Å²) in [7, 11) is 0. The van der Waals surface area contributed by atoms with Crippen LogP contribution in [-0.4, -0.2) is 15.6 Å². The monoisotopic (exact) mass is 299 g/mol. The molecule has 0 fully saturated rings. The molecule has 108 valence electrons. The second-order valence-electron chi connectivity index (χ2n) is 5.37. The fourth-order valence-electron chi connectivity index (χ4n) is 2.86. The van der Waals surface area contributed by atoms with E-state index >= 15 is 0 Å². The van der Waals surface area contributed by atoms with E-state index in [0.29, 0.717) is 0 Å². The molecule has 2 unspecified atom stereocenters. The third-order valence-corrected chi connectivity index (χ3v) is 4.01. The molecule has 1 aromatic heterocycles. The van der Waals surface area contributed by atoms with Gasteiger partial charge in [-0.25, -0.2) is 4.98 Å². The second-order valence-corrected chi connectivity index (χ2v) is 5.81. The molecule has 0 spiro atoms. The molecule has 0 aliphatic heterocycles. The smallest absolute Gasteiger partial charge is 0.107 e. The zero-order chi connectivity index (χ0) is 15.0. The molecule has 21 heavy (non-hydrogen) atoms. The van der Waals surface area contributed by atoms with E-state index in [9.17, 15) is 0 Å². The van der Waals surface area contributed by atoms with Crippen molar-refractivity contribution in [3.63, 3.8) is 0 Å². The Labute approximate surface area is 129 Å². The van der Waals surface area contributed by atoms with Gasteiger partial charge in [-0.1, -0.05) is 35.9 Å². The molecule has 2 atom stereocenters. The van der Waals surface area contributed by atoms with Crippen molar-refractivity contribution in [2.45, 2.75) is 25.9 Å². The summed E-state index contributed by atoms with van der Waals surface area (Å²) in [5.41, 5.74) is 9.51. The van der Waals surface area contributed by atoms with Crippen molar-refractivity contribution in [2.24, 2.45) is 5.73 Å². The summed E-state index contributed by atoms with van der Waals surface area (Å²) in [6, 6.07) is 16.0. The average molecular weight is 300 g/mol. The average Bonchev–Trinajstić information content (AvgIpc) is 2.78. The fourth-order valence-corrected chi connectivity index (χ4v) is 2.99. The van der Waals surface area contributed by atoms with Gasteiger partial charge >= 0.3 is 0 Å². The number of benzene rings is 2. The lowest BCUT2D eigenvalue weighted by Gasteiger charge is -2.25. The van der Waals surface area contributed by atoms with E-state index < -0.39 is 0 Å². The Morgan fingerprint density at radius 2 is 1.76 bits per heavy atom. The van der Waals surface area contributed by atoms with E-state index in [1.165, 1.54) is 0 Å². The first-order valence-electron chi connectivity index (χ1n) is 7.02. The number of halogens is 1. The van der Waals surface area contributed by atoms with Gasteiger partial charge in [0.1, 0.15) is 5.82 Å². The van der Waals surface area contributed by atoms with Crippen LogP contribution >= 0.6 is 11.6 Å². The fraction of sp³-hybridized carbons (Fsp3) is 0.235. The maximum atomic E-state index is 6.28. The molecular formula is C17H18ClN3. The van der Waals surface area contributed by atoms with Crippen LogP contribution in [0, 0.1) is 6.92 Å². The molecule has 2 aromatic carbocycles. The minimum atomic E-state index is -0.0394. The molecule has 3 aromatic rings. The molecule has 2 N–H and O–H groups in total. The molecule has 3 rings (SSSR count). The zero-order valence-corrected chi connectivity index (χ0v) is 12.9. The molecule has 0 aliphatic rings. The summed E-state index contributed by atoms with van der Waals surface area (Å²) in [5, 5.41) is 0.731. The first kappa shape index (κ1) is 14.1. The SMILES string of the molecule is Cc1nc2ccccc2n1C(c1ccc(Cl)cc1)C(C)N. The maximum absolute atomic E-state index is 6.28. The van der Waals surface area contributed by atoms with E-state index in [-0.39, 0.29) is 12.1 Å². The number of hydrogen-bond acceptors (Lipinski definition) is 2. The van der Waals surface area contributed by atoms with Gasteiger partial charge in [0.05, 0.1) is 17.1 Å². The third-order valence-electron chi connectivity index (χ3n) is 3.76. The van der Waals surface area contributed by atoms with Crippen molar-refractivity contribution in [1.82, 2.24) is 9.55 Å². The topological polar surface area (TPSA) is 43.8 Å². The molecule has 0 bridgehead atoms. The Balaban J connectivity index is 2.20. The van der Waals surface area contributed by atoms with E-state index in [0.717, 1.165) is 27.4 Å². The standard InChI is InChI=1S/C17H18ClN3/c1-11(19)17(13-7-9-14(18)10-8-13)21-12(2)20-15-5-3-4-6-16(15)21/h3-11,17H,19H2,1-2H3. The quantitative estimate of drug-likeness (QED) is 0.796. The van der Waals surface area contributed by atoms with Crippen LogP contribution in [-0.2, 0) is 0 Å². The van der Waals surface area contributed by atoms with Gasteiger partial charge in [0.2, 0.25) is 0 Å². The Kier molecular flexibility index (Phi) is 3.70. The van der Waals surface area contributed by atoms with Gasteiger partial charge in [-0.05, 0) is 43.7 Å². The van der Waals surface area contributed by atoms with Crippen molar-refractivity contribution in [3.05, 3.63) is 64.9 Å². The summed E-state index contributed by atoms with van der Waals surface area (Å²) in [4.78, 5) is 4.64. The highest BCUT2D eigenvalue weighted by molar-refractivity contribution is 6.30. The summed E-state index contributed by atoms with van der Waals surface area (Å²) in [5.74, 6) is 0.966. The van der Waals surface area contributed by atoms with Crippen LogP contribution in [0.1, 0.15) is 24.4 Å². The number of fused-ring (bicyclic) bond motifs is 1. The Morgan fingerprint density at radius 3 is 2.43 bits per heavy atom. The van der Waals surface area contributed by atoms with Crippen LogP contribution in [0.3, 0.4) is 0 Å². The molecule has 4 heteroatoms. The maximum Gasteiger partial charge on any atom is 0.107 e. The van der Waals surface area contributed by atoms with Gasteiger partial charge < -0.3 is 10.3 Å². The summed E-state index contributed by atoms with van der Waals surface area (Å²) in [6.45, 7) is 4.04. The molecule has 3 nitrogen and oxygen atoms in total. The lowest BCUT2D eigenvalue weighted by atomic mass is 10.0. The van der Waals surface area contributed by atoms with Gasteiger partial charge in [0, 0.05) is 11.1 Å². The predicted octanol–water partition coefficient (Wildman–Crippen LogP) is 3.93. The van der Waals surface area contributed by atoms with Crippen LogP contribution in [0.4, 0.5) is 0 Å². The first-order chi connectivity index (χ1) is 10.1. The number of aromatic nitrogens is 2. The Hall–Kier alpha value is -1.84. The zero-order valence-electron chi connectivity index (χ0n) is 12.1.